The molecule has 0 aromatic rings. The van der Waals surface area contributed by atoms with Crippen molar-refractivity contribution in [2.45, 2.75) is 190 Å². The topological polar surface area (TPSA) is 196 Å². The summed E-state index contributed by atoms with van der Waals surface area (Å²) in [5.74, 6) is -2.83. The first-order valence-electron chi connectivity index (χ1n) is 18.0. The predicted molar refractivity (Wildman–Crippen MR) is 171 cm³/mol. The smallest absolute Gasteiger partial charge is 0.305 e. The molecule has 2 aliphatic heterocycles. The SMILES string of the molecule is CCCCCCCCCCCCCCCCCCCCCC(=O)OC[C@@]1(O[C@H]2O[C@H](CO)[C@@H](O)[C@H](O)[C@H]2O)O[C@H](CO)[C@@H](O)[C@@H]1O. The Kier molecular flexibility index (Phi) is 21.0. The van der Waals surface area contributed by atoms with E-state index < -0.39 is 80.6 Å². The van der Waals surface area contributed by atoms with Crippen LogP contribution < -0.4 is 0 Å². The van der Waals surface area contributed by atoms with E-state index in [1.165, 1.54) is 96.3 Å². The quantitative estimate of drug-likeness (QED) is 0.0529. The van der Waals surface area contributed by atoms with Gasteiger partial charge < -0.3 is 54.7 Å². The summed E-state index contributed by atoms with van der Waals surface area (Å²) in [5, 5.41) is 70.6. The molecule has 12 nitrogen and oxygen atoms in total. The van der Waals surface area contributed by atoms with Crippen LogP contribution >= 0.6 is 0 Å². The minimum Gasteiger partial charge on any atom is -0.460 e. The molecule has 2 fully saturated rings. The second kappa shape index (κ2) is 23.4. The molecule has 0 unspecified atom stereocenters. The maximum Gasteiger partial charge on any atom is 0.305 e. The molecule has 9 atom stereocenters. The van der Waals surface area contributed by atoms with E-state index in [0.717, 1.165) is 19.3 Å². The highest BCUT2D eigenvalue weighted by molar-refractivity contribution is 5.69. The van der Waals surface area contributed by atoms with Crippen LogP contribution in [0.4, 0.5) is 0 Å². The Morgan fingerprint density at radius 2 is 1.07 bits per heavy atom. The first kappa shape index (κ1) is 41.2. The fourth-order valence-corrected chi connectivity index (χ4v) is 6.22. The lowest BCUT2D eigenvalue weighted by molar-refractivity contribution is -0.383. The van der Waals surface area contributed by atoms with Crippen LogP contribution in [-0.2, 0) is 23.7 Å². The zero-order valence-corrected chi connectivity index (χ0v) is 28.1. The average molecular weight is 665 g/mol. The normalized spacial score (nSPS) is 31.4. The number of esters is 1. The van der Waals surface area contributed by atoms with Crippen molar-refractivity contribution in [1.82, 2.24) is 0 Å². The molecule has 0 spiro atoms. The standard InChI is InChI=1S/C34H64O12/c1-2-3-4-5-6-7-8-9-10-11-12-13-14-15-16-17-18-19-20-21-27(37)43-24-34(32(42)29(39)26(23-36)45-34)46-33-31(41)30(40)28(38)25(22-35)44-33/h25-26,28-33,35-36,38-42H,2-24H2,1H3/t25-,26-,28-,29-,30+,31-,32+,33-,34+/m1/s1. The van der Waals surface area contributed by atoms with Gasteiger partial charge in [-0.1, -0.05) is 122 Å². The number of carbonyl (C=O) groups is 1. The maximum atomic E-state index is 12.5. The van der Waals surface area contributed by atoms with Crippen molar-refractivity contribution in [2.75, 3.05) is 19.8 Å². The van der Waals surface area contributed by atoms with E-state index in [0.29, 0.717) is 6.42 Å². The van der Waals surface area contributed by atoms with E-state index in [1.54, 1.807) is 0 Å². The summed E-state index contributed by atoms with van der Waals surface area (Å²) in [5.41, 5.74) is 0. The Balaban J connectivity index is 1.59. The van der Waals surface area contributed by atoms with Crippen LogP contribution in [0.5, 0.6) is 0 Å². The van der Waals surface area contributed by atoms with E-state index in [-0.39, 0.29) is 6.42 Å². The molecule has 46 heavy (non-hydrogen) atoms. The Labute approximate surface area is 275 Å². The summed E-state index contributed by atoms with van der Waals surface area (Å²) < 4.78 is 21.8. The van der Waals surface area contributed by atoms with Gasteiger partial charge in [0.05, 0.1) is 13.2 Å². The Hall–Kier alpha value is -0.930. The fourth-order valence-electron chi connectivity index (χ4n) is 6.22. The number of ether oxygens (including phenoxy) is 4. The molecule has 2 heterocycles. The molecule has 0 amide bonds. The molecular weight excluding hydrogens is 600 g/mol. The largest absolute Gasteiger partial charge is 0.460 e. The van der Waals surface area contributed by atoms with Crippen LogP contribution in [0.1, 0.15) is 135 Å². The first-order chi connectivity index (χ1) is 22.2. The lowest BCUT2D eigenvalue weighted by Crippen LogP contribution is -2.62. The van der Waals surface area contributed by atoms with E-state index >= 15 is 0 Å². The number of carbonyl (C=O) groups excluding carboxylic acids is 1. The van der Waals surface area contributed by atoms with Gasteiger partial charge in [0.1, 0.15) is 49.3 Å². The second-order valence-electron chi connectivity index (χ2n) is 13.2. The Bertz CT molecular complexity index is 785. The highest BCUT2D eigenvalue weighted by Crippen LogP contribution is 2.36. The molecule has 0 bridgehead atoms. The number of aliphatic hydroxyl groups is 7. The van der Waals surface area contributed by atoms with Gasteiger partial charge in [0.25, 0.3) is 0 Å². The molecule has 7 N–H and O–H groups in total. The molecular formula is C34H64O12. The minimum atomic E-state index is -2.25. The zero-order valence-electron chi connectivity index (χ0n) is 28.1. The van der Waals surface area contributed by atoms with Gasteiger partial charge in [-0.25, -0.2) is 0 Å². The molecule has 2 aliphatic rings. The van der Waals surface area contributed by atoms with Gasteiger partial charge >= 0.3 is 5.97 Å². The van der Waals surface area contributed by atoms with Gasteiger partial charge in [-0.3, -0.25) is 4.79 Å². The summed E-state index contributed by atoms with van der Waals surface area (Å²) in [4.78, 5) is 12.5. The van der Waals surface area contributed by atoms with E-state index in [4.69, 9.17) is 18.9 Å². The molecule has 2 rings (SSSR count). The van der Waals surface area contributed by atoms with Gasteiger partial charge in [-0.15, -0.1) is 0 Å². The van der Waals surface area contributed by atoms with Gasteiger partial charge in [-0.05, 0) is 6.42 Å². The highest BCUT2D eigenvalue weighted by Gasteiger charge is 2.59. The predicted octanol–water partition coefficient (Wildman–Crippen LogP) is 2.98. The van der Waals surface area contributed by atoms with Gasteiger partial charge in [0.15, 0.2) is 6.29 Å². The van der Waals surface area contributed by atoms with Crippen LogP contribution in [0, 0.1) is 0 Å². The lowest BCUT2D eigenvalue weighted by atomic mass is 9.99. The molecule has 0 radical (unpaired) electrons. The third-order valence-electron chi connectivity index (χ3n) is 9.27. The third-order valence-corrected chi connectivity index (χ3v) is 9.27. The summed E-state index contributed by atoms with van der Waals surface area (Å²) >= 11 is 0. The van der Waals surface area contributed by atoms with Crippen LogP contribution in [-0.4, -0.2) is 116 Å². The van der Waals surface area contributed by atoms with Crippen molar-refractivity contribution >= 4 is 5.97 Å². The van der Waals surface area contributed by atoms with E-state index in [2.05, 4.69) is 6.92 Å². The number of unbranched alkanes of at least 4 members (excludes halogenated alkanes) is 18. The van der Waals surface area contributed by atoms with E-state index in [9.17, 15) is 40.5 Å². The number of hydrogen-bond donors (Lipinski definition) is 7. The van der Waals surface area contributed by atoms with Crippen molar-refractivity contribution in [3.63, 3.8) is 0 Å². The monoisotopic (exact) mass is 664 g/mol. The van der Waals surface area contributed by atoms with Gasteiger partial charge in [-0.2, -0.15) is 0 Å². The molecule has 272 valence electrons. The Morgan fingerprint density at radius 1 is 0.609 bits per heavy atom. The molecule has 0 aromatic heterocycles. The molecule has 0 aromatic carbocycles. The summed E-state index contributed by atoms with van der Waals surface area (Å²) in [7, 11) is 0. The summed E-state index contributed by atoms with van der Waals surface area (Å²) in [6, 6.07) is 0. The second-order valence-corrected chi connectivity index (χ2v) is 13.2. The van der Waals surface area contributed by atoms with Crippen molar-refractivity contribution < 1.29 is 59.5 Å². The number of rotatable bonds is 26. The van der Waals surface area contributed by atoms with E-state index in [1.807, 2.05) is 0 Å². The molecule has 0 aliphatic carbocycles. The van der Waals surface area contributed by atoms with Crippen LogP contribution in [0.15, 0.2) is 0 Å². The number of hydrogen-bond acceptors (Lipinski definition) is 12. The van der Waals surface area contributed by atoms with Crippen LogP contribution in [0.3, 0.4) is 0 Å². The van der Waals surface area contributed by atoms with Gasteiger partial charge in [0, 0.05) is 6.42 Å². The molecule has 2 saturated heterocycles. The minimum absolute atomic E-state index is 0.122. The molecule has 0 saturated carbocycles. The van der Waals surface area contributed by atoms with Crippen molar-refractivity contribution in [3.05, 3.63) is 0 Å². The number of aliphatic hydroxyl groups excluding tert-OH is 7. The van der Waals surface area contributed by atoms with Crippen LogP contribution in [0.25, 0.3) is 0 Å². The maximum absolute atomic E-state index is 12.5. The summed E-state index contributed by atoms with van der Waals surface area (Å²) in [6.07, 6.45) is 10.8. The third kappa shape index (κ3) is 13.9. The van der Waals surface area contributed by atoms with Gasteiger partial charge in [0.2, 0.25) is 5.79 Å². The fraction of sp³-hybridized carbons (Fsp3) is 0.971. The van der Waals surface area contributed by atoms with Crippen molar-refractivity contribution in [2.24, 2.45) is 0 Å². The zero-order chi connectivity index (χ0) is 33.8. The van der Waals surface area contributed by atoms with Crippen LogP contribution in [0.2, 0.25) is 0 Å². The highest BCUT2D eigenvalue weighted by atomic mass is 16.8. The Morgan fingerprint density at radius 3 is 1.50 bits per heavy atom. The lowest BCUT2D eigenvalue weighted by Gasteiger charge is -2.43. The average Bonchev–Trinajstić information content (AvgIpc) is 3.29. The van der Waals surface area contributed by atoms with Crippen molar-refractivity contribution in [3.8, 4) is 0 Å². The van der Waals surface area contributed by atoms with Crippen molar-refractivity contribution in [1.29, 1.82) is 0 Å². The first-order valence-corrected chi connectivity index (χ1v) is 18.0. The summed E-state index contributed by atoms with van der Waals surface area (Å²) in [6.45, 7) is 0.159. The molecule has 12 heteroatoms.